The Bertz CT molecular complexity index is 541. The van der Waals surface area contributed by atoms with Crippen LogP contribution in [0.4, 0.5) is 8.78 Å². The number of hydrogen-bond acceptors (Lipinski definition) is 3. The zero-order valence-electron chi connectivity index (χ0n) is 11.7. The lowest BCUT2D eigenvalue weighted by Gasteiger charge is -2.37. The van der Waals surface area contributed by atoms with E-state index in [2.05, 4.69) is 0 Å². The van der Waals surface area contributed by atoms with Gasteiger partial charge >= 0.3 is 0 Å². The molecule has 5 heteroatoms. The fraction of sp³-hybridized carbons (Fsp3) is 0.562. The van der Waals surface area contributed by atoms with E-state index >= 15 is 0 Å². The predicted molar refractivity (Wildman–Crippen MR) is 78.4 cm³/mol. The molecular formula is C16H18F2O2S. The Hall–Kier alpha value is -0.940. The summed E-state index contributed by atoms with van der Waals surface area (Å²) in [5, 5.41) is 0. The summed E-state index contributed by atoms with van der Waals surface area (Å²) in [5.74, 6) is 0.115. The van der Waals surface area contributed by atoms with Crippen molar-refractivity contribution < 1.29 is 18.3 Å². The average molecular weight is 312 g/mol. The molecule has 0 N–H and O–H groups in total. The lowest BCUT2D eigenvalue weighted by Crippen LogP contribution is -2.42. The van der Waals surface area contributed by atoms with E-state index in [0.717, 1.165) is 30.4 Å². The van der Waals surface area contributed by atoms with Crippen LogP contribution in [0.15, 0.2) is 18.2 Å². The van der Waals surface area contributed by atoms with Crippen molar-refractivity contribution in [1.29, 1.82) is 0 Å². The van der Waals surface area contributed by atoms with Crippen LogP contribution in [0.1, 0.15) is 24.8 Å². The molecule has 0 aliphatic carbocycles. The van der Waals surface area contributed by atoms with Crippen LogP contribution in [-0.2, 0) is 16.0 Å². The first-order chi connectivity index (χ1) is 10.1. The first-order valence-electron chi connectivity index (χ1n) is 7.27. The van der Waals surface area contributed by atoms with Crippen LogP contribution in [0.5, 0.6) is 0 Å². The van der Waals surface area contributed by atoms with Gasteiger partial charge in [0, 0.05) is 24.7 Å². The molecule has 1 aromatic rings. The van der Waals surface area contributed by atoms with Gasteiger partial charge < -0.3 is 4.74 Å². The van der Waals surface area contributed by atoms with Gasteiger partial charge in [-0.15, -0.1) is 0 Å². The predicted octanol–water partition coefficient (Wildman–Crippen LogP) is 3.38. The lowest BCUT2D eigenvalue weighted by atomic mass is 9.81. The zero-order valence-corrected chi connectivity index (χ0v) is 12.6. The van der Waals surface area contributed by atoms with Crippen LogP contribution in [-0.4, -0.2) is 29.5 Å². The van der Waals surface area contributed by atoms with Crippen molar-refractivity contribution in [3.63, 3.8) is 0 Å². The molecule has 1 aromatic carbocycles. The monoisotopic (exact) mass is 312 g/mol. The summed E-state index contributed by atoms with van der Waals surface area (Å²) in [6.45, 7) is 0.586. The molecule has 0 bridgehead atoms. The molecular weight excluding hydrogens is 294 g/mol. The zero-order chi connectivity index (χ0) is 14.9. The Labute approximate surface area is 127 Å². The highest BCUT2D eigenvalue weighted by atomic mass is 32.2. The van der Waals surface area contributed by atoms with Gasteiger partial charge in [-0.05, 0) is 36.6 Å². The van der Waals surface area contributed by atoms with E-state index in [4.69, 9.17) is 4.74 Å². The van der Waals surface area contributed by atoms with Crippen molar-refractivity contribution in [3.8, 4) is 0 Å². The Morgan fingerprint density at radius 3 is 3.05 bits per heavy atom. The molecule has 2 fully saturated rings. The molecule has 0 amide bonds. The van der Waals surface area contributed by atoms with E-state index in [9.17, 15) is 13.6 Å². The van der Waals surface area contributed by atoms with Gasteiger partial charge in [-0.1, -0.05) is 12.1 Å². The molecule has 3 rings (SSSR count). The fourth-order valence-electron chi connectivity index (χ4n) is 3.18. The lowest BCUT2D eigenvalue weighted by molar-refractivity contribution is -0.133. The average Bonchev–Trinajstić information content (AvgIpc) is 2.92. The maximum absolute atomic E-state index is 13.7. The van der Waals surface area contributed by atoms with Gasteiger partial charge in [0.05, 0.1) is 5.60 Å². The van der Waals surface area contributed by atoms with Crippen molar-refractivity contribution >= 4 is 17.5 Å². The number of carbonyl (C=O) groups is 1. The van der Waals surface area contributed by atoms with E-state index in [1.165, 1.54) is 12.1 Å². The smallest absolute Gasteiger partial charge is 0.162 e. The Morgan fingerprint density at radius 1 is 1.43 bits per heavy atom. The quantitative estimate of drug-likeness (QED) is 0.856. The topological polar surface area (TPSA) is 26.3 Å². The highest BCUT2D eigenvalue weighted by molar-refractivity contribution is 7.99. The van der Waals surface area contributed by atoms with Crippen molar-refractivity contribution in [2.75, 3.05) is 18.1 Å². The molecule has 2 aliphatic heterocycles. The summed E-state index contributed by atoms with van der Waals surface area (Å²) in [4.78, 5) is 12.4. The van der Waals surface area contributed by atoms with Crippen LogP contribution >= 0.6 is 11.8 Å². The number of ketones is 1. The number of ether oxygens (including phenoxy) is 1. The van der Waals surface area contributed by atoms with Crippen LogP contribution in [0.25, 0.3) is 0 Å². The minimum atomic E-state index is -0.899. The third-order valence-corrected chi connectivity index (χ3v) is 5.63. The van der Waals surface area contributed by atoms with Crippen molar-refractivity contribution in [2.45, 2.75) is 31.3 Å². The SMILES string of the molecule is O=C(Cc1cccc(F)c1F)C1CCOC2(CCSC2)C1. The van der Waals surface area contributed by atoms with Gasteiger partial charge in [0.1, 0.15) is 5.78 Å². The molecule has 1 spiro atoms. The number of halogens is 2. The van der Waals surface area contributed by atoms with Crippen molar-refractivity contribution in [2.24, 2.45) is 5.92 Å². The van der Waals surface area contributed by atoms with Gasteiger partial charge in [-0.3, -0.25) is 4.79 Å². The summed E-state index contributed by atoms with van der Waals surface area (Å²) in [6, 6.07) is 4.00. The van der Waals surface area contributed by atoms with Crippen molar-refractivity contribution in [1.82, 2.24) is 0 Å². The second kappa shape index (κ2) is 6.05. The van der Waals surface area contributed by atoms with Crippen LogP contribution in [0.2, 0.25) is 0 Å². The summed E-state index contributed by atoms with van der Waals surface area (Å²) in [6.07, 6.45) is 2.35. The number of benzene rings is 1. The number of rotatable bonds is 3. The minimum Gasteiger partial charge on any atom is -0.374 e. The number of thioether (sulfide) groups is 1. The molecule has 2 heterocycles. The molecule has 0 radical (unpaired) electrons. The molecule has 2 saturated heterocycles. The normalized spacial score (nSPS) is 29.0. The van der Waals surface area contributed by atoms with Gasteiger partial charge in [-0.2, -0.15) is 11.8 Å². The maximum atomic E-state index is 13.7. The van der Waals surface area contributed by atoms with E-state index < -0.39 is 11.6 Å². The first-order valence-corrected chi connectivity index (χ1v) is 8.42. The molecule has 2 atom stereocenters. The van der Waals surface area contributed by atoms with E-state index in [0.29, 0.717) is 13.0 Å². The summed E-state index contributed by atoms with van der Waals surface area (Å²) in [7, 11) is 0. The van der Waals surface area contributed by atoms with Gasteiger partial charge in [-0.25, -0.2) is 8.78 Å². The summed E-state index contributed by atoms with van der Waals surface area (Å²) < 4.78 is 32.8. The third-order valence-electron chi connectivity index (χ3n) is 4.41. The molecule has 0 saturated carbocycles. The van der Waals surface area contributed by atoms with E-state index in [-0.39, 0.29) is 29.3 Å². The van der Waals surface area contributed by atoms with Crippen LogP contribution in [0.3, 0.4) is 0 Å². The van der Waals surface area contributed by atoms with Gasteiger partial charge in [0.2, 0.25) is 0 Å². The van der Waals surface area contributed by atoms with Gasteiger partial charge in [0.15, 0.2) is 11.6 Å². The second-order valence-electron chi connectivity index (χ2n) is 5.88. The molecule has 2 unspecified atom stereocenters. The first kappa shape index (κ1) is 15.0. The van der Waals surface area contributed by atoms with Crippen molar-refractivity contribution in [3.05, 3.63) is 35.4 Å². The van der Waals surface area contributed by atoms with Crippen LogP contribution < -0.4 is 0 Å². The fourth-order valence-corrected chi connectivity index (χ4v) is 4.56. The highest BCUT2D eigenvalue weighted by Gasteiger charge is 2.42. The highest BCUT2D eigenvalue weighted by Crippen LogP contribution is 2.40. The number of hydrogen-bond donors (Lipinski definition) is 0. The summed E-state index contributed by atoms with van der Waals surface area (Å²) >= 11 is 1.86. The number of Topliss-reactive ketones (excluding diaryl/α,β-unsaturated/α-hetero) is 1. The standard InChI is InChI=1S/C16H18F2O2S/c17-13-3-1-2-11(15(13)18)8-14(19)12-4-6-20-16(9-12)5-7-21-10-16/h1-3,12H,4-10H2. The molecule has 0 aromatic heterocycles. The number of carbonyl (C=O) groups excluding carboxylic acids is 1. The van der Waals surface area contributed by atoms with E-state index in [1.54, 1.807) is 0 Å². The van der Waals surface area contributed by atoms with E-state index in [1.807, 2.05) is 11.8 Å². The second-order valence-corrected chi connectivity index (χ2v) is 6.98. The Morgan fingerprint density at radius 2 is 2.29 bits per heavy atom. The molecule has 2 nitrogen and oxygen atoms in total. The van der Waals surface area contributed by atoms with Crippen LogP contribution in [0, 0.1) is 17.6 Å². The third kappa shape index (κ3) is 3.14. The van der Waals surface area contributed by atoms with Gasteiger partial charge in [0.25, 0.3) is 0 Å². The molecule has 21 heavy (non-hydrogen) atoms. The maximum Gasteiger partial charge on any atom is 0.162 e. The molecule has 2 aliphatic rings. The summed E-state index contributed by atoms with van der Waals surface area (Å²) in [5.41, 5.74) is -0.00895. The largest absolute Gasteiger partial charge is 0.374 e. The Balaban J connectivity index is 1.69. The Kier molecular flexibility index (Phi) is 4.31. The molecule has 114 valence electrons. The minimum absolute atomic E-state index is 0.000856.